The molecule has 0 fully saturated rings. The summed E-state index contributed by atoms with van der Waals surface area (Å²) in [4.78, 5) is 12.4. The number of quaternary nitrogens is 1. The number of rotatable bonds is 9. The minimum atomic E-state index is -0.907. The molecule has 1 amide bonds. The molecular weight excluding hydrogens is 281 g/mol. The van der Waals surface area contributed by atoms with Gasteiger partial charge in [0.1, 0.15) is 13.1 Å². The van der Waals surface area contributed by atoms with E-state index in [2.05, 4.69) is 19.7 Å². The molecule has 0 spiro atoms. The first kappa shape index (κ1) is 17.5. The fourth-order valence-corrected chi connectivity index (χ4v) is 4.06. The van der Waals surface area contributed by atoms with Crippen LogP contribution in [0.25, 0.3) is 0 Å². The van der Waals surface area contributed by atoms with Gasteiger partial charge in [-0.05, 0) is 23.6 Å². The smallest absolute Gasteiger partial charge is 0.318 e. The monoisotopic (exact) mass is 303 g/mol. The quantitative estimate of drug-likeness (QED) is 0.304. The van der Waals surface area contributed by atoms with Crippen molar-refractivity contribution in [2.24, 2.45) is 0 Å². The maximum Gasteiger partial charge on any atom is 0.318 e. The van der Waals surface area contributed by atoms with Gasteiger partial charge >= 0.3 is 5.91 Å². The molecule has 0 N–H and O–H groups in total. The molecule has 0 radical (unpaired) electrons. The number of hydroxylamine groups is 3. The van der Waals surface area contributed by atoms with Crippen LogP contribution in [0.1, 0.15) is 0 Å². The van der Waals surface area contributed by atoms with Crippen molar-refractivity contribution in [3.8, 4) is 0 Å². The number of hydrogen-bond acceptors (Lipinski definition) is 2. The minimum Gasteiger partial charge on any atom is -0.625 e. The van der Waals surface area contributed by atoms with Crippen LogP contribution >= 0.6 is 7.92 Å². The van der Waals surface area contributed by atoms with Gasteiger partial charge in [-0.25, -0.2) is 4.79 Å². The lowest BCUT2D eigenvalue weighted by molar-refractivity contribution is -0.790. The average Bonchev–Trinajstić information content (AvgIpc) is 2.48. The minimum absolute atomic E-state index is 0.0803. The number of benzene rings is 1. The fraction of sp³-hybridized carbons (Fsp3) is 0.235. The van der Waals surface area contributed by atoms with Crippen molar-refractivity contribution in [1.82, 2.24) is 0 Å². The molecule has 0 bridgehead atoms. The molecule has 1 aromatic rings. The lowest BCUT2D eigenvalue weighted by Gasteiger charge is -2.38. The summed E-state index contributed by atoms with van der Waals surface area (Å²) in [6, 6.07) is 9.85. The number of hydrogen-bond donors (Lipinski definition) is 0. The Morgan fingerprint density at radius 2 is 1.67 bits per heavy atom. The molecule has 1 atom stereocenters. The summed E-state index contributed by atoms with van der Waals surface area (Å²) in [5.41, 5.74) is 0. The molecule has 4 heteroatoms. The van der Waals surface area contributed by atoms with Gasteiger partial charge in [0, 0.05) is 0 Å². The van der Waals surface area contributed by atoms with Gasteiger partial charge in [0.2, 0.25) is 0 Å². The van der Waals surface area contributed by atoms with Gasteiger partial charge in [-0.3, -0.25) is 4.65 Å². The lowest BCUT2D eigenvalue weighted by Crippen LogP contribution is -2.49. The van der Waals surface area contributed by atoms with E-state index in [-0.39, 0.29) is 25.2 Å². The Kier molecular flexibility index (Phi) is 7.24. The molecule has 1 rings (SSSR count). The summed E-state index contributed by atoms with van der Waals surface area (Å²) in [6.07, 6.45) is 5.79. The molecule has 0 heterocycles. The van der Waals surface area contributed by atoms with Crippen LogP contribution in [-0.2, 0) is 4.79 Å². The first-order valence-corrected chi connectivity index (χ1v) is 8.52. The first-order valence-electron chi connectivity index (χ1n) is 6.81. The number of amides is 1. The third kappa shape index (κ3) is 5.05. The van der Waals surface area contributed by atoms with Gasteiger partial charge in [-0.2, -0.15) is 0 Å². The van der Waals surface area contributed by atoms with Gasteiger partial charge in [0.25, 0.3) is 0 Å². The summed E-state index contributed by atoms with van der Waals surface area (Å²) >= 11 is 0. The predicted octanol–water partition coefficient (Wildman–Crippen LogP) is 3.19. The van der Waals surface area contributed by atoms with Gasteiger partial charge in [0.05, 0.1) is 6.16 Å². The summed E-state index contributed by atoms with van der Waals surface area (Å²) < 4.78 is -0.907. The Morgan fingerprint density at radius 1 is 1.10 bits per heavy atom. The highest BCUT2D eigenvalue weighted by Crippen LogP contribution is 2.35. The third-order valence-electron chi connectivity index (χ3n) is 3.10. The maximum absolute atomic E-state index is 12.6. The molecule has 0 aliphatic carbocycles. The van der Waals surface area contributed by atoms with Crippen molar-refractivity contribution < 1.29 is 9.44 Å². The molecule has 0 saturated carbocycles. The molecular formula is C17H22NO2P. The zero-order chi connectivity index (χ0) is 15.7. The fourth-order valence-electron chi connectivity index (χ4n) is 2.04. The van der Waals surface area contributed by atoms with E-state index in [0.717, 1.165) is 11.5 Å². The second-order valence-electron chi connectivity index (χ2n) is 4.73. The van der Waals surface area contributed by atoms with Gasteiger partial charge in [-0.1, -0.05) is 57.5 Å². The Morgan fingerprint density at radius 3 is 2.14 bits per heavy atom. The van der Waals surface area contributed by atoms with E-state index in [1.165, 1.54) is 12.2 Å². The SMILES string of the molecule is C=CCP(CC(=O)[N+]([O-])(CC=C)CC=C)c1ccccc1. The van der Waals surface area contributed by atoms with Gasteiger partial charge in [0.15, 0.2) is 0 Å². The first-order chi connectivity index (χ1) is 10.1. The van der Waals surface area contributed by atoms with Crippen molar-refractivity contribution in [3.63, 3.8) is 0 Å². The van der Waals surface area contributed by atoms with Crippen molar-refractivity contribution in [3.05, 3.63) is 73.5 Å². The molecule has 3 nitrogen and oxygen atoms in total. The van der Waals surface area contributed by atoms with Gasteiger partial charge in [-0.15, -0.1) is 6.58 Å². The molecule has 1 aromatic carbocycles. The highest BCUT2D eigenvalue weighted by molar-refractivity contribution is 7.66. The number of carbonyl (C=O) groups excluding carboxylic acids is 1. The summed E-state index contributed by atoms with van der Waals surface area (Å²) in [5, 5.41) is 13.7. The second kappa shape index (κ2) is 8.68. The molecule has 21 heavy (non-hydrogen) atoms. The van der Waals surface area contributed by atoms with Crippen molar-refractivity contribution >= 4 is 19.1 Å². The highest BCUT2D eigenvalue weighted by Gasteiger charge is 2.27. The van der Waals surface area contributed by atoms with Crippen molar-refractivity contribution in [1.29, 1.82) is 0 Å². The maximum atomic E-state index is 12.6. The Labute approximate surface area is 128 Å². The van der Waals surface area contributed by atoms with Crippen LogP contribution in [0.3, 0.4) is 0 Å². The molecule has 1 unspecified atom stereocenters. The second-order valence-corrected chi connectivity index (χ2v) is 7.01. The van der Waals surface area contributed by atoms with Crippen molar-refractivity contribution in [2.45, 2.75) is 0 Å². The normalized spacial score (nSPS) is 12.4. The standard InChI is InChI=1S/C17H22NO2P/c1-4-12-18(20,13-5-2)17(19)15-21(14-6-3)16-10-8-7-9-11-16/h4-11H,1-3,12-15H2. The van der Waals surface area contributed by atoms with E-state index in [0.29, 0.717) is 0 Å². The number of allylic oxidation sites excluding steroid dienone is 1. The van der Waals surface area contributed by atoms with Crippen LogP contribution < -0.4 is 5.30 Å². The Balaban J connectivity index is 2.91. The summed E-state index contributed by atoms with van der Waals surface area (Å²) in [6.45, 7) is 11.1. The molecule has 0 aromatic heterocycles. The van der Waals surface area contributed by atoms with Crippen LogP contribution in [0.4, 0.5) is 0 Å². The summed E-state index contributed by atoms with van der Waals surface area (Å²) in [5.74, 6) is -0.313. The van der Waals surface area contributed by atoms with Crippen LogP contribution in [-0.4, -0.2) is 36.0 Å². The van der Waals surface area contributed by atoms with E-state index in [1.807, 2.05) is 36.4 Å². The largest absolute Gasteiger partial charge is 0.625 e. The van der Waals surface area contributed by atoms with Gasteiger partial charge < -0.3 is 5.21 Å². The van der Waals surface area contributed by atoms with Crippen molar-refractivity contribution in [2.75, 3.05) is 25.4 Å². The van der Waals surface area contributed by atoms with Crippen LogP contribution in [0, 0.1) is 5.21 Å². The van der Waals surface area contributed by atoms with Crippen LogP contribution in [0.15, 0.2) is 68.3 Å². The zero-order valence-electron chi connectivity index (χ0n) is 12.3. The Bertz CT molecular complexity index is 489. The number of carbonyl (C=O) groups is 1. The van der Waals surface area contributed by atoms with E-state index >= 15 is 0 Å². The lowest BCUT2D eigenvalue weighted by atomic mass is 10.4. The highest BCUT2D eigenvalue weighted by atomic mass is 31.1. The molecule has 0 saturated heterocycles. The molecule has 0 aliphatic heterocycles. The molecule has 0 aliphatic rings. The third-order valence-corrected chi connectivity index (χ3v) is 5.48. The average molecular weight is 303 g/mol. The van der Waals surface area contributed by atoms with E-state index in [9.17, 15) is 10.0 Å². The number of nitrogens with zero attached hydrogens (tertiary/aromatic N) is 1. The van der Waals surface area contributed by atoms with E-state index < -0.39 is 12.6 Å². The van der Waals surface area contributed by atoms with Crippen LogP contribution in [0.2, 0.25) is 0 Å². The summed E-state index contributed by atoms with van der Waals surface area (Å²) in [7, 11) is -0.733. The Hall–Kier alpha value is -1.54. The topological polar surface area (TPSA) is 40.1 Å². The predicted molar refractivity (Wildman–Crippen MR) is 91.7 cm³/mol. The van der Waals surface area contributed by atoms with E-state index in [1.54, 1.807) is 0 Å². The van der Waals surface area contributed by atoms with E-state index in [4.69, 9.17) is 0 Å². The molecule has 112 valence electrons. The zero-order valence-corrected chi connectivity index (χ0v) is 13.2. The van der Waals surface area contributed by atoms with Crippen LogP contribution in [0.5, 0.6) is 0 Å².